The molecule has 8 heteroatoms. The van der Waals surface area contributed by atoms with Gasteiger partial charge in [-0.2, -0.15) is 0 Å². The molecular formula is C20H21N2NaO5. The summed E-state index contributed by atoms with van der Waals surface area (Å²) < 4.78 is 0. The van der Waals surface area contributed by atoms with Gasteiger partial charge in [-0.3, -0.25) is 4.79 Å². The van der Waals surface area contributed by atoms with Gasteiger partial charge in [0.05, 0.1) is 35.4 Å². The number of rotatable bonds is 6. The summed E-state index contributed by atoms with van der Waals surface area (Å²) in [6.45, 7) is 1.55. The average molecular weight is 392 g/mol. The van der Waals surface area contributed by atoms with E-state index in [1.54, 1.807) is 6.92 Å². The topological polar surface area (TPSA) is 102 Å². The first-order valence-corrected chi connectivity index (χ1v) is 9.18. The molecule has 7 nitrogen and oxygen atoms in total. The number of β-lactam (4-membered cyclic amide) rings is 1. The molecule has 1 fully saturated rings. The van der Waals surface area contributed by atoms with Gasteiger partial charge in [0, 0.05) is 12.0 Å². The van der Waals surface area contributed by atoms with Crippen LogP contribution in [0.2, 0.25) is 0 Å². The zero-order chi connectivity index (χ0) is 19.1. The molecule has 0 saturated carbocycles. The molecule has 3 aliphatic rings. The van der Waals surface area contributed by atoms with Crippen molar-refractivity contribution in [3.05, 3.63) is 47.2 Å². The van der Waals surface area contributed by atoms with Gasteiger partial charge in [-0.1, -0.05) is 35.5 Å². The summed E-state index contributed by atoms with van der Waals surface area (Å²) in [7, 11) is 0. The summed E-state index contributed by atoms with van der Waals surface area (Å²) in [6, 6.07) is 9.70. The predicted molar refractivity (Wildman–Crippen MR) is 94.1 cm³/mol. The number of hydrogen-bond acceptors (Lipinski definition) is 6. The molecule has 0 bridgehead atoms. The number of carbonyl (C=O) groups is 2. The Morgan fingerprint density at radius 2 is 2.04 bits per heavy atom. The molecule has 1 amide bonds. The molecule has 0 radical (unpaired) electrons. The van der Waals surface area contributed by atoms with Gasteiger partial charge >= 0.3 is 29.6 Å². The quantitative estimate of drug-likeness (QED) is 0.422. The third kappa shape index (κ3) is 3.64. The van der Waals surface area contributed by atoms with Crippen LogP contribution >= 0.6 is 0 Å². The minimum absolute atomic E-state index is 0. The number of carbonyl (C=O) groups excluding carboxylic acids is 2. The smallest absolute Gasteiger partial charge is 0.543 e. The number of nitrogens with zero attached hydrogens (tertiary/aromatic N) is 2. The van der Waals surface area contributed by atoms with Crippen molar-refractivity contribution in [1.29, 1.82) is 0 Å². The molecule has 0 spiro atoms. The SMILES string of the molecule is C[C@@H](O)[C@H]1C(=O)N2C(C(=O)[O-])=C([C@@H]3CC(CCc4ccccc4)=NO3)C[C@H]12.[Na+]. The average Bonchev–Trinajstić information content (AvgIpc) is 3.23. The van der Waals surface area contributed by atoms with E-state index in [1.165, 1.54) is 10.5 Å². The first-order chi connectivity index (χ1) is 13.0. The van der Waals surface area contributed by atoms with Crippen molar-refractivity contribution in [1.82, 2.24) is 4.90 Å². The van der Waals surface area contributed by atoms with E-state index in [0.717, 1.165) is 18.6 Å². The monoisotopic (exact) mass is 392 g/mol. The molecule has 0 aromatic heterocycles. The Hall–Kier alpha value is -1.67. The van der Waals surface area contributed by atoms with Gasteiger partial charge in [0.1, 0.15) is 0 Å². The molecule has 1 saturated heterocycles. The second-order valence-corrected chi connectivity index (χ2v) is 7.35. The maximum Gasteiger partial charge on any atom is 1.00 e. The van der Waals surface area contributed by atoms with Crippen molar-refractivity contribution in [2.45, 2.75) is 50.9 Å². The largest absolute Gasteiger partial charge is 1.00 e. The van der Waals surface area contributed by atoms with Gasteiger partial charge in [-0.05, 0) is 31.7 Å². The fraction of sp³-hybridized carbons (Fsp3) is 0.450. The fourth-order valence-corrected chi connectivity index (χ4v) is 4.27. The minimum Gasteiger partial charge on any atom is -0.543 e. The minimum atomic E-state index is -1.38. The van der Waals surface area contributed by atoms with E-state index in [4.69, 9.17) is 4.84 Å². The zero-order valence-corrected chi connectivity index (χ0v) is 18.0. The third-order valence-corrected chi connectivity index (χ3v) is 5.62. The maximum absolute atomic E-state index is 12.3. The Morgan fingerprint density at radius 3 is 2.68 bits per heavy atom. The molecule has 0 unspecified atom stereocenters. The van der Waals surface area contributed by atoms with E-state index in [2.05, 4.69) is 5.16 Å². The van der Waals surface area contributed by atoms with Gasteiger partial charge in [-0.15, -0.1) is 0 Å². The number of benzene rings is 1. The van der Waals surface area contributed by atoms with Gasteiger partial charge in [-0.25, -0.2) is 0 Å². The number of aliphatic carboxylic acids is 1. The standard InChI is InChI=1S/C20H22N2O5.Na/c1-11(23)17-15-10-14(18(20(25)26)22(15)19(17)24)16-9-13(21-27-16)8-7-12-5-3-2-4-6-12;/h2-6,11,15-17,23H,7-10H2,1H3,(H,25,26);/q;+1/p-1/t11-,15-,16+,17-;/m1./s1. The maximum atomic E-state index is 12.3. The molecule has 1 aromatic rings. The summed E-state index contributed by atoms with van der Waals surface area (Å²) in [5.74, 6) is -2.32. The Morgan fingerprint density at radius 1 is 1.32 bits per heavy atom. The van der Waals surface area contributed by atoms with Crippen molar-refractivity contribution in [3.63, 3.8) is 0 Å². The van der Waals surface area contributed by atoms with Crippen molar-refractivity contribution < 1.29 is 54.2 Å². The number of hydrogen-bond donors (Lipinski definition) is 1. The van der Waals surface area contributed by atoms with Crippen molar-refractivity contribution in [2.24, 2.45) is 11.1 Å². The number of aryl methyl sites for hydroxylation is 1. The second kappa shape index (κ2) is 8.37. The summed E-state index contributed by atoms with van der Waals surface area (Å²) in [4.78, 5) is 30.7. The molecule has 4 atom stereocenters. The number of aliphatic hydroxyl groups excluding tert-OH is 1. The van der Waals surface area contributed by atoms with Crippen molar-refractivity contribution in [3.8, 4) is 0 Å². The number of fused-ring (bicyclic) bond motifs is 1. The molecule has 1 N–H and O–H groups in total. The van der Waals surface area contributed by atoms with Crippen LogP contribution in [-0.4, -0.2) is 45.8 Å². The molecule has 28 heavy (non-hydrogen) atoms. The van der Waals surface area contributed by atoms with Crippen LogP contribution in [-0.2, 0) is 20.8 Å². The van der Waals surface area contributed by atoms with Crippen molar-refractivity contribution >= 4 is 17.6 Å². The molecule has 4 rings (SSSR count). The molecule has 142 valence electrons. The van der Waals surface area contributed by atoms with E-state index in [9.17, 15) is 19.8 Å². The Kier molecular flexibility index (Phi) is 6.29. The van der Waals surface area contributed by atoms with Crippen LogP contribution in [0.5, 0.6) is 0 Å². The Labute approximate surface area is 185 Å². The molecule has 3 aliphatic heterocycles. The molecule has 0 aliphatic carbocycles. The van der Waals surface area contributed by atoms with Gasteiger partial charge in [0.25, 0.3) is 0 Å². The van der Waals surface area contributed by atoms with Gasteiger partial charge in [0.15, 0.2) is 6.10 Å². The molecule has 1 aromatic carbocycles. The third-order valence-electron chi connectivity index (χ3n) is 5.62. The van der Waals surface area contributed by atoms with Gasteiger partial charge in [0.2, 0.25) is 5.91 Å². The molecule has 3 heterocycles. The summed E-state index contributed by atoms with van der Waals surface area (Å²) in [6.07, 6.45) is 1.14. The summed E-state index contributed by atoms with van der Waals surface area (Å²) in [5.41, 5.74) is 2.51. The number of oxime groups is 1. The van der Waals surface area contributed by atoms with Crippen LogP contribution in [0.3, 0.4) is 0 Å². The van der Waals surface area contributed by atoms with E-state index in [-0.39, 0.29) is 47.2 Å². The predicted octanol–water partition coefficient (Wildman–Crippen LogP) is -2.62. The number of amides is 1. The van der Waals surface area contributed by atoms with Crippen LogP contribution in [0.25, 0.3) is 0 Å². The molecular weight excluding hydrogens is 371 g/mol. The van der Waals surface area contributed by atoms with Crippen LogP contribution in [0.4, 0.5) is 0 Å². The van der Waals surface area contributed by atoms with E-state index in [0.29, 0.717) is 18.4 Å². The van der Waals surface area contributed by atoms with Crippen LogP contribution in [0.15, 0.2) is 46.8 Å². The van der Waals surface area contributed by atoms with Crippen LogP contribution in [0.1, 0.15) is 31.7 Å². The van der Waals surface area contributed by atoms with E-state index >= 15 is 0 Å². The first kappa shape index (κ1) is 21.0. The van der Waals surface area contributed by atoms with Gasteiger partial charge < -0.3 is 24.7 Å². The van der Waals surface area contributed by atoms with E-state index < -0.39 is 24.1 Å². The van der Waals surface area contributed by atoms with Crippen LogP contribution in [0, 0.1) is 5.92 Å². The first-order valence-electron chi connectivity index (χ1n) is 9.18. The Bertz CT molecular complexity index is 836. The normalized spacial score (nSPS) is 26.8. The Balaban J connectivity index is 0.00000225. The number of carboxylic acid groups (broad SMARTS) is 1. The van der Waals surface area contributed by atoms with E-state index in [1.807, 2.05) is 30.3 Å². The summed E-state index contributed by atoms with van der Waals surface area (Å²) in [5, 5.41) is 25.6. The summed E-state index contributed by atoms with van der Waals surface area (Å²) >= 11 is 0. The zero-order valence-electron chi connectivity index (χ0n) is 16.0. The number of carboxylic acids is 1. The van der Waals surface area contributed by atoms with Crippen molar-refractivity contribution in [2.75, 3.05) is 0 Å². The van der Waals surface area contributed by atoms with Crippen LogP contribution < -0.4 is 34.7 Å². The fourth-order valence-electron chi connectivity index (χ4n) is 4.27. The number of aliphatic hydroxyl groups is 1. The second-order valence-electron chi connectivity index (χ2n) is 7.35.